The third-order valence-electron chi connectivity index (χ3n) is 5.01. The molecule has 0 radical (unpaired) electrons. The number of hydrogen-bond acceptors (Lipinski definition) is 3. The van der Waals surface area contributed by atoms with E-state index in [0.717, 1.165) is 35.5 Å². The Bertz CT molecular complexity index is 469. The molecule has 0 spiro atoms. The van der Waals surface area contributed by atoms with Crippen LogP contribution in [0.25, 0.3) is 0 Å². The van der Waals surface area contributed by atoms with Crippen molar-refractivity contribution in [2.45, 2.75) is 38.7 Å². The highest BCUT2D eigenvalue weighted by atomic mass is 16.5. The van der Waals surface area contributed by atoms with Gasteiger partial charge in [0.25, 0.3) is 0 Å². The van der Waals surface area contributed by atoms with Gasteiger partial charge in [-0.1, -0.05) is 6.42 Å². The van der Waals surface area contributed by atoms with Crippen LogP contribution in [0.5, 0.6) is 11.5 Å². The molecule has 0 amide bonds. The van der Waals surface area contributed by atoms with Crippen LogP contribution in [0.15, 0.2) is 18.2 Å². The number of methoxy groups -OCH3 is 1. The zero-order valence-corrected chi connectivity index (χ0v) is 12.3. The van der Waals surface area contributed by atoms with Gasteiger partial charge in [0.1, 0.15) is 11.5 Å². The third kappa shape index (κ3) is 2.64. The monoisotopic (exact) mass is 276 g/mol. The Hall–Kier alpha value is -1.22. The molecule has 0 saturated heterocycles. The highest BCUT2D eigenvalue weighted by Crippen LogP contribution is 2.48. The summed E-state index contributed by atoms with van der Waals surface area (Å²) in [6.07, 6.45) is 4.99. The molecule has 0 aromatic heterocycles. The maximum atomic E-state index is 9.84. The number of ether oxygens (including phenoxy) is 2. The number of aliphatic hydroxyl groups is 1. The molecule has 2 bridgehead atoms. The largest absolute Gasteiger partial charge is 0.497 e. The quantitative estimate of drug-likeness (QED) is 0.893. The Balaban J connectivity index is 1.69. The number of rotatable bonds is 5. The van der Waals surface area contributed by atoms with Crippen molar-refractivity contribution >= 4 is 0 Å². The summed E-state index contributed by atoms with van der Waals surface area (Å²) >= 11 is 0. The molecule has 0 heterocycles. The lowest BCUT2D eigenvalue weighted by molar-refractivity contribution is 0.172. The Kier molecular flexibility index (Phi) is 3.88. The molecule has 4 atom stereocenters. The summed E-state index contributed by atoms with van der Waals surface area (Å²) in [6, 6.07) is 5.64. The van der Waals surface area contributed by atoms with Crippen molar-refractivity contribution in [1.29, 1.82) is 0 Å². The molecular formula is C17H24O3. The van der Waals surface area contributed by atoms with Crippen molar-refractivity contribution < 1.29 is 14.6 Å². The van der Waals surface area contributed by atoms with E-state index >= 15 is 0 Å². The van der Waals surface area contributed by atoms with Crippen LogP contribution in [0.3, 0.4) is 0 Å². The van der Waals surface area contributed by atoms with Gasteiger partial charge < -0.3 is 14.6 Å². The molecule has 3 unspecified atom stereocenters. The predicted molar refractivity (Wildman–Crippen MR) is 78.1 cm³/mol. The average Bonchev–Trinajstić information content (AvgIpc) is 3.07. The number of fused-ring (bicyclic) bond motifs is 2. The molecule has 2 aliphatic rings. The molecule has 2 saturated carbocycles. The minimum absolute atomic E-state index is 0.518. The van der Waals surface area contributed by atoms with E-state index in [1.165, 1.54) is 25.7 Å². The third-order valence-corrected chi connectivity index (χ3v) is 5.01. The van der Waals surface area contributed by atoms with Crippen LogP contribution in [0.4, 0.5) is 0 Å². The summed E-state index contributed by atoms with van der Waals surface area (Å²) in [5.41, 5.74) is 0.842. The van der Waals surface area contributed by atoms with Crippen LogP contribution < -0.4 is 9.47 Å². The summed E-state index contributed by atoms with van der Waals surface area (Å²) in [7, 11) is 1.65. The summed E-state index contributed by atoms with van der Waals surface area (Å²) in [5.74, 6) is 4.04. The van der Waals surface area contributed by atoms with E-state index in [1.54, 1.807) is 14.0 Å². The van der Waals surface area contributed by atoms with Gasteiger partial charge >= 0.3 is 0 Å². The maximum absolute atomic E-state index is 9.84. The van der Waals surface area contributed by atoms with Gasteiger partial charge in [-0.25, -0.2) is 0 Å². The van der Waals surface area contributed by atoms with Crippen molar-refractivity contribution in [2.75, 3.05) is 13.7 Å². The van der Waals surface area contributed by atoms with Crippen molar-refractivity contribution in [3.8, 4) is 11.5 Å². The molecule has 1 aromatic carbocycles. The van der Waals surface area contributed by atoms with Crippen molar-refractivity contribution in [3.63, 3.8) is 0 Å². The van der Waals surface area contributed by atoms with Crippen molar-refractivity contribution in [2.24, 2.45) is 17.8 Å². The SMILES string of the molecule is COc1ccc([C@H](C)O)c(OCC2CC3CCC2C3)c1. The minimum Gasteiger partial charge on any atom is -0.497 e. The van der Waals surface area contributed by atoms with Crippen LogP contribution in [-0.4, -0.2) is 18.8 Å². The second kappa shape index (κ2) is 5.65. The standard InChI is InChI=1S/C17H24O3/c1-11(18)16-6-5-15(19-2)9-17(16)20-10-14-8-12-3-4-13(14)7-12/h5-6,9,11-14,18H,3-4,7-8,10H2,1-2H3/t11-,12?,13?,14?/m0/s1. The highest BCUT2D eigenvalue weighted by molar-refractivity contribution is 5.41. The molecule has 3 heteroatoms. The normalized spacial score (nSPS) is 29.4. The Morgan fingerprint density at radius 3 is 2.75 bits per heavy atom. The smallest absolute Gasteiger partial charge is 0.128 e. The van der Waals surface area contributed by atoms with Gasteiger partial charge in [0, 0.05) is 11.6 Å². The van der Waals surface area contributed by atoms with Gasteiger partial charge in [-0.2, -0.15) is 0 Å². The van der Waals surface area contributed by atoms with Crippen LogP contribution in [0, 0.1) is 17.8 Å². The highest BCUT2D eigenvalue weighted by Gasteiger charge is 2.39. The van der Waals surface area contributed by atoms with Crippen LogP contribution >= 0.6 is 0 Å². The molecule has 1 N–H and O–H groups in total. The van der Waals surface area contributed by atoms with E-state index in [9.17, 15) is 5.11 Å². The zero-order chi connectivity index (χ0) is 14.1. The Morgan fingerprint density at radius 2 is 2.15 bits per heavy atom. The second-order valence-electron chi connectivity index (χ2n) is 6.33. The first kappa shape index (κ1) is 13.7. The lowest BCUT2D eigenvalue weighted by Gasteiger charge is -2.23. The average molecular weight is 276 g/mol. The molecule has 2 fully saturated rings. The number of aliphatic hydroxyl groups excluding tert-OH is 1. The lowest BCUT2D eigenvalue weighted by Crippen LogP contribution is -2.19. The topological polar surface area (TPSA) is 38.7 Å². The summed E-state index contributed by atoms with van der Waals surface area (Å²) in [5, 5.41) is 9.84. The first-order chi connectivity index (χ1) is 9.67. The first-order valence-corrected chi connectivity index (χ1v) is 7.66. The number of benzene rings is 1. The molecule has 110 valence electrons. The van der Waals surface area contributed by atoms with Gasteiger partial charge in [0.15, 0.2) is 0 Å². The Morgan fingerprint density at radius 1 is 1.30 bits per heavy atom. The van der Waals surface area contributed by atoms with Gasteiger partial charge in [0.2, 0.25) is 0 Å². The molecule has 20 heavy (non-hydrogen) atoms. The molecule has 3 rings (SSSR count). The van der Waals surface area contributed by atoms with Gasteiger partial charge in [0.05, 0.1) is 19.8 Å². The molecule has 3 nitrogen and oxygen atoms in total. The fourth-order valence-corrected chi connectivity index (χ4v) is 3.89. The lowest BCUT2D eigenvalue weighted by atomic mass is 9.89. The van der Waals surface area contributed by atoms with E-state index in [4.69, 9.17) is 9.47 Å². The minimum atomic E-state index is -0.518. The van der Waals surface area contributed by atoms with Crippen LogP contribution in [-0.2, 0) is 0 Å². The first-order valence-electron chi connectivity index (χ1n) is 7.66. The predicted octanol–water partition coefficient (Wildman–Crippen LogP) is 3.56. The number of hydrogen-bond donors (Lipinski definition) is 1. The van der Waals surface area contributed by atoms with E-state index in [2.05, 4.69) is 0 Å². The van der Waals surface area contributed by atoms with Crippen molar-refractivity contribution in [1.82, 2.24) is 0 Å². The van der Waals surface area contributed by atoms with E-state index < -0.39 is 6.10 Å². The molecule has 2 aliphatic carbocycles. The van der Waals surface area contributed by atoms with E-state index in [-0.39, 0.29) is 0 Å². The van der Waals surface area contributed by atoms with Gasteiger partial charge in [-0.15, -0.1) is 0 Å². The maximum Gasteiger partial charge on any atom is 0.128 e. The fourth-order valence-electron chi connectivity index (χ4n) is 3.89. The second-order valence-corrected chi connectivity index (χ2v) is 6.33. The summed E-state index contributed by atoms with van der Waals surface area (Å²) in [6.45, 7) is 2.54. The zero-order valence-electron chi connectivity index (χ0n) is 12.3. The molecule has 0 aliphatic heterocycles. The molecular weight excluding hydrogens is 252 g/mol. The van der Waals surface area contributed by atoms with Crippen molar-refractivity contribution in [3.05, 3.63) is 23.8 Å². The van der Waals surface area contributed by atoms with E-state index in [1.807, 2.05) is 18.2 Å². The van der Waals surface area contributed by atoms with Gasteiger partial charge in [-0.05, 0) is 56.1 Å². The summed E-state index contributed by atoms with van der Waals surface area (Å²) < 4.78 is 11.3. The Labute approximate surface area is 120 Å². The van der Waals surface area contributed by atoms with Crippen LogP contribution in [0.2, 0.25) is 0 Å². The van der Waals surface area contributed by atoms with E-state index in [0.29, 0.717) is 5.92 Å². The van der Waals surface area contributed by atoms with Gasteiger partial charge in [-0.3, -0.25) is 0 Å². The fraction of sp³-hybridized carbons (Fsp3) is 0.647. The van der Waals surface area contributed by atoms with Crippen LogP contribution in [0.1, 0.15) is 44.3 Å². The molecule has 1 aromatic rings. The summed E-state index contributed by atoms with van der Waals surface area (Å²) in [4.78, 5) is 0.